The molecule has 0 unspecified atom stereocenters. The Bertz CT molecular complexity index is 637. The Hall–Kier alpha value is -0.910. The van der Waals surface area contributed by atoms with E-state index in [2.05, 4.69) is 27.3 Å². The Labute approximate surface area is 180 Å². The molecule has 0 aliphatic rings. The van der Waals surface area contributed by atoms with Crippen LogP contribution in [0.15, 0.2) is 34.2 Å². The number of ether oxygens (including phenoxy) is 1. The van der Waals surface area contributed by atoms with Crippen LogP contribution in [0.4, 0.5) is 0 Å². The predicted molar refractivity (Wildman–Crippen MR) is 121 cm³/mol. The largest absolute Gasteiger partial charge is 0.381 e. The Kier molecular flexibility index (Phi) is 14.6. The average Bonchev–Trinajstić information content (AvgIpc) is 2.63. The SMILES string of the molecule is CCCCOCCCNC(=NC)NCCNS(=O)(=O)c1ccc(C)cc1.I. The van der Waals surface area contributed by atoms with Gasteiger partial charge >= 0.3 is 0 Å². The van der Waals surface area contributed by atoms with Gasteiger partial charge in [-0.15, -0.1) is 24.0 Å². The Morgan fingerprint density at radius 2 is 1.67 bits per heavy atom. The molecular weight excluding hydrogens is 479 g/mol. The molecule has 0 bridgehead atoms. The number of guanidine groups is 1. The molecule has 156 valence electrons. The van der Waals surface area contributed by atoms with Gasteiger partial charge in [0.25, 0.3) is 0 Å². The van der Waals surface area contributed by atoms with E-state index < -0.39 is 10.0 Å². The summed E-state index contributed by atoms with van der Waals surface area (Å²) in [7, 11) is -1.80. The van der Waals surface area contributed by atoms with Gasteiger partial charge in [0.05, 0.1) is 4.90 Å². The number of nitrogens with zero attached hydrogens (tertiary/aromatic N) is 1. The third kappa shape index (κ3) is 11.5. The number of unbranched alkanes of at least 4 members (excludes halogenated alkanes) is 1. The summed E-state index contributed by atoms with van der Waals surface area (Å²) >= 11 is 0. The van der Waals surface area contributed by atoms with Crippen LogP contribution in [-0.4, -0.2) is 54.3 Å². The molecule has 0 amide bonds. The zero-order valence-electron chi connectivity index (χ0n) is 16.5. The first-order valence-corrected chi connectivity index (χ1v) is 10.6. The molecule has 0 saturated carbocycles. The number of benzene rings is 1. The second kappa shape index (κ2) is 15.1. The third-order valence-corrected chi connectivity index (χ3v) is 5.14. The van der Waals surface area contributed by atoms with Crippen LogP contribution in [0.5, 0.6) is 0 Å². The minimum Gasteiger partial charge on any atom is -0.381 e. The molecule has 0 saturated heterocycles. The molecule has 9 heteroatoms. The molecule has 1 rings (SSSR count). The fraction of sp³-hybridized carbons (Fsp3) is 0.611. The van der Waals surface area contributed by atoms with Gasteiger partial charge in [-0.25, -0.2) is 13.1 Å². The highest BCUT2D eigenvalue weighted by Crippen LogP contribution is 2.09. The lowest BCUT2D eigenvalue weighted by Crippen LogP contribution is -2.41. The van der Waals surface area contributed by atoms with Crippen LogP contribution >= 0.6 is 24.0 Å². The number of aliphatic imine (C=N–C) groups is 1. The number of hydrogen-bond acceptors (Lipinski definition) is 4. The maximum Gasteiger partial charge on any atom is 0.240 e. The second-order valence-electron chi connectivity index (χ2n) is 5.96. The molecule has 1 aromatic rings. The van der Waals surface area contributed by atoms with Crippen molar-refractivity contribution in [3.05, 3.63) is 29.8 Å². The van der Waals surface area contributed by atoms with Crippen LogP contribution in [0, 0.1) is 6.92 Å². The van der Waals surface area contributed by atoms with E-state index in [1.165, 1.54) is 0 Å². The topological polar surface area (TPSA) is 91.8 Å². The standard InChI is InChI=1S/C18H32N4O3S.HI/c1-4-5-14-25-15-6-11-20-18(19-3)21-12-13-22-26(23,24)17-9-7-16(2)8-10-17;/h7-10,22H,4-6,11-15H2,1-3H3,(H2,19,20,21);1H. The summed E-state index contributed by atoms with van der Waals surface area (Å²) in [5.74, 6) is 0.646. The summed E-state index contributed by atoms with van der Waals surface area (Å²) in [6.07, 6.45) is 3.13. The van der Waals surface area contributed by atoms with Crippen LogP contribution in [0.2, 0.25) is 0 Å². The Morgan fingerprint density at radius 1 is 1.04 bits per heavy atom. The monoisotopic (exact) mass is 512 g/mol. The van der Waals surface area contributed by atoms with Gasteiger partial charge in [0.2, 0.25) is 10.0 Å². The minimum absolute atomic E-state index is 0. The summed E-state index contributed by atoms with van der Waals surface area (Å²) in [5, 5.41) is 6.26. The second-order valence-corrected chi connectivity index (χ2v) is 7.72. The van der Waals surface area contributed by atoms with E-state index in [0.29, 0.717) is 12.5 Å². The van der Waals surface area contributed by atoms with E-state index in [-0.39, 0.29) is 35.4 Å². The highest BCUT2D eigenvalue weighted by Gasteiger charge is 2.12. The van der Waals surface area contributed by atoms with Gasteiger partial charge in [0.1, 0.15) is 0 Å². The number of halogens is 1. The van der Waals surface area contributed by atoms with Gasteiger partial charge in [0, 0.05) is 39.9 Å². The van der Waals surface area contributed by atoms with Crippen molar-refractivity contribution in [3.63, 3.8) is 0 Å². The van der Waals surface area contributed by atoms with Crippen LogP contribution in [0.25, 0.3) is 0 Å². The number of nitrogens with one attached hydrogen (secondary N) is 3. The molecule has 27 heavy (non-hydrogen) atoms. The highest BCUT2D eigenvalue weighted by molar-refractivity contribution is 14.0. The quantitative estimate of drug-likeness (QED) is 0.173. The normalized spacial score (nSPS) is 11.7. The summed E-state index contributed by atoms with van der Waals surface area (Å²) < 4.78 is 32.4. The number of hydrogen-bond donors (Lipinski definition) is 3. The Balaban J connectivity index is 0.00000676. The van der Waals surface area contributed by atoms with Crippen LogP contribution in [0.1, 0.15) is 31.7 Å². The molecule has 0 aliphatic heterocycles. The van der Waals surface area contributed by atoms with Crippen LogP contribution < -0.4 is 15.4 Å². The molecule has 1 aromatic carbocycles. The smallest absolute Gasteiger partial charge is 0.240 e. The molecule has 0 spiro atoms. The fourth-order valence-electron chi connectivity index (χ4n) is 2.12. The number of sulfonamides is 1. The molecule has 0 radical (unpaired) electrons. The average molecular weight is 512 g/mol. The molecule has 3 N–H and O–H groups in total. The van der Waals surface area contributed by atoms with Crippen molar-refractivity contribution in [2.24, 2.45) is 4.99 Å². The van der Waals surface area contributed by atoms with Gasteiger partial charge in [-0.3, -0.25) is 4.99 Å². The number of rotatable bonds is 12. The first kappa shape index (κ1) is 26.1. The minimum atomic E-state index is -3.48. The van der Waals surface area contributed by atoms with E-state index in [1.54, 1.807) is 31.3 Å². The molecule has 0 heterocycles. The molecule has 0 fully saturated rings. The van der Waals surface area contributed by atoms with Gasteiger partial charge in [-0.2, -0.15) is 0 Å². The zero-order chi connectivity index (χ0) is 19.3. The van der Waals surface area contributed by atoms with E-state index >= 15 is 0 Å². The van der Waals surface area contributed by atoms with E-state index in [9.17, 15) is 8.42 Å². The molecule has 7 nitrogen and oxygen atoms in total. The van der Waals surface area contributed by atoms with Crippen molar-refractivity contribution >= 4 is 40.0 Å². The molecule has 0 atom stereocenters. The van der Waals surface area contributed by atoms with E-state index in [4.69, 9.17) is 4.74 Å². The summed E-state index contributed by atoms with van der Waals surface area (Å²) in [6.45, 7) is 7.06. The Morgan fingerprint density at radius 3 is 2.30 bits per heavy atom. The molecule has 0 aromatic heterocycles. The van der Waals surface area contributed by atoms with Crippen LogP contribution in [0.3, 0.4) is 0 Å². The van der Waals surface area contributed by atoms with Crippen molar-refractivity contribution in [1.29, 1.82) is 0 Å². The van der Waals surface area contributed by atoms with Crippen molar-refractivity contribution in [2.75, 3.05) is 39.9 Å². The first-order valence-electron chi connectivity index (χ1n) is 9.08. The molecular formula is C18H33IN4O3S. The zero-order valence-corrected chi connectivity index (χ0v) is 19.6. The van der Waals surface area contributed by atoms with Gasteiger partial charge in [-0.05, 0) is 31.9 Å². The summed E-state index contributed by atoms with van der Waals surface area (Å²) in [4.78, 5) is 4.39. The van der Waals surface area contributed by atoms with Crippen molar-refractivity contribution in [2.45, 2.75) is 38.0 Å². The van der Waals surface area contributed by atoms with Gasteiger partial charge in [-0.1, -0.05) is 31.0 Å². The van der Waals surface area contributed by atoms with E-state index in [0.717, 1.165) is 44.6 Å². The van der Waals surface area contributed by atoms with E-state index in [1.807, 2.05) is 6.92 Å². The lowest BCUT2D eigenvalue weighted by molar-refractivity contribution is 0.129. The van der Waals surface area contributed by atoms with Crippen LogP contribution in [-0.2, 0) is 14.8 Å². The van der Waals surface area contributed by atoms with Crippen molar-refractivity contribution < 1.29 is 13.2 Å². The first-order chi connectivity index (χ1) is 12.5. The number of aryl methyl sites for hydroxylation is 1. The molecule has 0 aliphatic carbocycles. The lowest BCUT2D eigenvalue weighted by Gasteiger charge is -2.12. The summed E-state index contributed by atoms with van der Waals surface area (Å²) in [5.41, 5.74) is 1.02. The summed E-state index contributed by atoms with van der Waals surface area (Å²) in [6, 6.07) is 6.78. The maximum atomic E-state index is 12.2. The fourth-order valence-corrected chi connectivity index (χ4v) is 3.15. The van der Waals surface area contributed by atoms with Crippen molar-refractivity contribution in [3.8, 4) is 0 Å². The van der Waals surface area contributed by atoms with Gasteiger partial charge < -0.3 is 15.4 Å². The lowest BCUT2D eigenvalue weighted by atomic mass is 10.2. The predicted octanol–water partition coefficient (Wildman–Crippen LogP) is 2.26. The third-order valence-electron chi connectivity index (χ3n) is 3.66. The van der Waals surface area contributed by atoms with Gasteiger partial charge in [0.15, 0.2) is 5.96 Å². The maximum absolute atomic E-state index is 12.2. The van der Waals surface area contributed by atoms with Crippen molar-refractivity contribution in [1.82, 2.24) is 15.4 Å². The highest BCUT2D eigenvalue weighted by atomic mass is 127.